The second-order valence-corrected chi connectivity index (χ2v) is 5.78. The fourth-order valence-corrected chi connectivity index (χ4v) is 3.01. The molecule has 0 saturated heterocycles. The van der Waals surface area contributed by atoms with Gasteiger partial charge >= 0.3 is 0 Å². The SMILES string of the molecule is O=Cc1ccc(-c2ccncc2Sc2ccc(F)cc2)cc1. The number of halogens is 1. The van der Waals surface area contributed by atoms with Crippen molar-refractivity contribution in [2.24, 2.45) is 0 Å². The van der Waals surface area contributed by atoms with Crippen molar-refractivity contribution in [3.05, 3.63) is 78.4 Å². The monoisotopic (exact) mass is 309 g/mol. The molecule has 3 aromatic rings. The van der Waals surface area contributed by atoms with Crippen molar-refractivity contribution >= 4 is 18.0 Å². The summed E-state index contributed by atoms with van der Waals surface area (Å²) in [4.78, 5) is 16.8. The van der Waals surface area contributed by atoms with Crippen molar-refractivity contribution in [1.82, 2.24) is 4.98 Å². The molecule has 0 spiro atoms. The molecule has 0 unspecified atom stereocenters. The normalized spacial score (nSPS) is 10.4. The molecule has 0 bridgehead atoms. The third kappa shape index (κ3) is 3.23. The Bertz CT molecular complexity index is 785. The Morgan fingerprint density at radius 3 is 2.36 bits per heavy atom. The number of aromatic nitrogens is 1. The van der Waals surface area contributed by atoms with E-state index in [1.165, 1.54) is 23.9 Å². The summed E-state index contributed by atoms with van der Waals surface area (Å²) in [7, 11) is 0. The highest BCUT2D eigenvalue weighted by molar-refractivity contribution is 7.99. The first-order valence-electron chi connectivity index (χ1n) is 6.69. The summed E-state index contributed by atoms with van der Waals surface area (Å²) in [5.74, 6) is -0.250. The molecule has 108 valence electrons. The van der Waals surface area contributed by atoms with Gasteiger partial charge in [0.2, 0.25) is 0 Å². The van der Waals surface area contributed by atoms with E-state index in [9.17, 15) is 9.18 Å². The standard InChI is InChI=1S/C18H12FNOS/c19-15-5-7-16(8-6-15)22-18-11-20-10-9-17(18)14-3-1-13(12-21)2-4-14/h1-12H. The molecular formula is C18H12FNOS. The quantitative estimate of drug-likeness (QED) is 0.645. The van der Waals surface area contributed by atoms with Crippen molar-refractivity contribution in [2.75, 3.05) is 0 Å². The van der Waals surface area contributed by atoms with Crippen LogP contribution in [0.2, 0.25) is 0 Å². The van der Waals surface area contributed by atoms with Gasteiger partial charge in [0.05, 0.1) is 0 Å². The lowest BCUT2D eigenvalue weighted by atomic mass is 10.1. The summed E-state index contributed by atoms with van der Waals surface area (Å²) >= 11 is 1.53. The zero-order valence-corrected chi connectivity index (χ0v) is 12.4. The maximum absolute atomic E-state index is 13.0. The number of aldehydes is 1. The van der Waals surface area contributed by atoms with Crippen molar-refractivity contribution in [3.8, 4) is 11.1 Å². The van der Waals surface area contributed by atoms with Gasteiger partial charge in [0, 0.05) is 27.7 Å². The highest BCUT2D eigenvalue weighted by Crippen LogP contribution is 2.35. The van der Waals surface area contributed by atoms with Crippen LogP contribution in [0.4, 0.5) is 4.39 Å². The molecule has 0 radical (unpaired) electrons. The molecule has 0 N–H and O–H groups in total. The number of hydrogen-bond donors (Lipinski definition) is 0. The van der Waals surface area contributed by atoms with Crippen LogP contribution in [0.3, 0.4) is 0 Å². The lowest BCUT2D eigenvalue weighted by Crippen LogP contribution is -1.86. The number of pyridine rings is 1. The third-order valence-corrected chi connectivity index (χ3v) is 4.24. The predicted molar refractivity (Wildman–Crippen MR) is 85.6 cm³/mol. The summed E-state index contributed by atoms with van der Waals surface area (Å²) in [6.45, 7) is 0. The summed E-state index contributed by atoms with van der Waals surface area (Å²) in [5, 5.41) is 0. The molecule has 0 saturated carbocycles. The first kappa shape index (κ1) is 14.5. The van der Waals surface area contributed by atoms with E-state index in [0.717, 1.165) is 27.2 Å². The lowest BCUT2D eigenvalue weighted by Gasteiger charge is -2.09. The van der Waals surface area contributed by atoms with Crippen LogP contribution in [0.1, 0.15) is 10.4 Å². The Morgan fingerprint density at radius 1 is 0.955 bits per heavy atom. The van der Waals surface area contributed by atoms with Crippen molar-refractivity contribution in [3.63, 3.8) is 0 Å². The fourth-order valence-electron chi connectivity index (χ4n) is 2.07. The molecule has 1 aromatic heterocycles. The summed E-state index contributed by atoms with van der Waals surface area (Å²) in [5.41, 5.74) is 2.69. The summed E-state index contributed by atoms with van der Waals surface area (Å²) in [6, 6.07) is 15.7. The second kappa shape index (κ2) is 6.54. The van der Waals surface area contributed by atoms with Crippen LogP contribution in [0.25, 0.3) is 11.1 Å². The number of carbonyl (C=O) groups is 1. The molecular weight excluding hydrogens is 297 g/mol. The van der Waals surface area contributed by atoms with Crippen LogP contribution >= 0.6 is 11.8 Å². The topological polar surface area (TPSA) is 30.0 Å². The molecule has 0 atom stereocenters. The molecule has 0 aliphatic rings. The maximum atomic E-state index is 13.0. The average molecular weight is 309 g/mol. The second-order valence-electron chi connectivity index (χ2n) is 4.67. The highest BCUT2D eigenvalue weighted by Gasteiger charge is 2.07. The smallest absolute Gasteiger partial charge is 0.150 e. The van der Waals surface area contributed by atoms with Gasteiger partial charge in [-0.25, -0.2) is 4.39 Å². The Kier molecular flexibility index (Phi) is 4.30. The van der Waals surface area contributed by atoms with E-state index in [1.807, 2.05) is 18.2 Å². The molecule has 3 rings (SSSR count). The molecule has 2 nitrogen and oxygen atoms in total. The molecule has 0 amide bonds. The lowest BCUT2D eigenvalue weighted by molar-refractivity contribution is 0.112. The number of benzene rings is 2. The zero-order chi connectivity index (χ0) is 15.4. The van der Waals surface area contributed by atoms with Gasteiger partial charge in [0.15, 0.2) is 0 Å². The number of nitrogens with zero attached hydrogens (tertiary/aromatic N) is 1. The number of hydrogen-bond acceptors (Lipinski definition) is 3. The minimum Gasteiger partial charge on any atom is -0.298 e. The van der Waals surface area contributed by atoms with E-state index in [1.54, 1.807) is 36.7 Å². The van der Waals surface area contributed by atoms with E-state index in [-0.39, 0.29) is 5.82 Å². The van der Waals surface area contributed by atoms with E-state index in [0.29, 0.717) is 5.56 Å². The average Bonchev–Trinajstić information content (AvgIpc) is 2.58. The van der Waals surface area contributed by atoms with Gasteiger partial charge < -0.3 is 0 Å². The van der Waals surface area contributed by atoms with Gasteiger partial charge in [-0.15, -0.1) is 0 Å². The van der Waals surface area contributed by atoms with Crippen molar-refractivity contribution < 1.29 is 9.18 Å². The largest absolute Gasteiger partial charge is 0.298 e. The highest BCUT2D eigenvalue weighted by atomic mass is 32.2. The molecule has 22 heavy (non-hydrogen) atoms. The Balaban J connectivity index is 1.95. The molecule has 1 heterocycles. The van der Waals surface area contributed by atoms with E-state index >= 15 is 0 Å². The molecule has 4 heteroatoms. The maximum Gasteiger partial charge on any atom is 0.150 e. The first-order valence-corrected chi connectivity index (χ1v) is 7.51. The summed E-state index contributed by atoms with van der Waals surface area (Å²) < 4.78 is 13.0. The third-order valence-electron chi connectivity index (χ3n) is 3.18. The molecule has 0 fully saturated rings. The summed E-state index contributed by atoms with van der Waals surface area (Å²) in [6.07, 6.45) is 4.35. The van der Waals surface area contributed by atoms with E-state index in [2.05, 4.69) is 4.98 Å². The van der Waals surface area contributed by atoms with Crippen LogP contribution in [0, 0.1) is 5.82 Å². The predicted octanol–water partition coefficient (Wildman–Crippen LogP) is 4.85. The van der Waals surface area contributed by atoms with Crippen LogP contribution < -0.4 is 0 Å². The van der Waals surface area contributed by atoms with Gasteiger partial charge in [0.1, 0.15) is 12.1 Å². The molecule has 2 aromatic carbocycles. The van der Waals surface area contributed by atoms with Gasteiger partial charge in [-0.1, -0.05) is 36.0 Å². The van der Waals surface area contributed by atoms with Crippen LogP contribution in [0.15, 0.2) is 76.8 Å². The zero-order valence-electron chi connectivity index (χ0n) is 11.6. The minimum absolute atomic E-state index is 0.250. The fraction of sp³-hybridized carbons (Fsp3) is 0. The number of rotatable bonds is 4. The van der Waals surface area contributed by atoms with Gasteiger partial charge in [-0.05, 0) is 41.5 Å². The van der Waals surface area contributed by atoms with E-state index < -0.39 is 0 Å². The van der Waals surface area contributed by atoms with Gasteiger partial charge in [-0.3, -0.25) is 9.78 Å². The Hall–Kier alpha value is -2.46. The van der Waals surface area contributed by atoms with Gasteiger partial charge in [0.25, 0.3) is 0 Å². The van der Waals surface area contributed by atoms with E-state index in [4.69, 9.17) is 0 Å². The van der Waals surface area contributed by atoms with Crippen LogP contribution in [-0.2, 0) is 0 Å². The van der Waals surface area contributed by atoms with Crippen LogP contribution in [-0.4, -0.2) is 11.3 Å². The first-order chi connectivity index (χ1) is 10.8. The minimum atomic E-state index is -0.250. The van der Waals surface area contributed by atoms with Crippen molar-refractivity contribution in [2.45, 2.75) is 9.79 Å². The Labute approximate surface area is 132 Å². The Morgan fingerprint density at radius 2 is 1.68 bits per heavy atom. The molecule has 0 aliphatic heterocycles. The molecule has 0 aliphatic carbocycles. The van der Waals surface area contributed by atoms with Crippen LogP contribution in [0.5, 0.6) is 0 Å². The number of carbonyl (C=O) groups excluding carboxylic acids is 1. The van der Waals surface area contributed by atoms with Gasteiger partial charge in [-0.2, -0.15) is 0 Å². The van der Waals surface area contributed by atoms with Crippen molar-refractivity contribution in [1.29, 1.82) is 0 Å².